The van der Waals surface area contributed by atoms with Crippen molar-refractivity contribution in [2.45, 2.75) is 0 Å². The van der Waals surface area contributed by atoms with Crippen LogP contribution in [0.2, 0.25) is 0 Å². The highest BCUT2D eigenvalue weighted by molar-refractivity contribution is 6.01. The van der Waals surface area contributed by atoms with E-state index in [1.165, 1.54) is 6.08 Å². The highest BCUT2D eigenvalue weighted by atomic mass is 16.1. The molecule has 0 unspecified atom stereocenters. The molecular formula is C20H16N4O. The lowest BCUT2D eigenvalue weighted by molar-refractivity contribution is -0.111. The summed E-state index contributed by atoms with van der Waals surface area (Å²) in [4.78, 5) is 16.2. The lowest BCUT2D eigenvalue weighted by Crippen LogP contribution is -2.07. The van der Waals surface area contributed by atoms with E-state index < -0.39 is 0 Å². The van der Waals surface area contributed by atoms with E-state index >= 15 is 0 Å². The summed E-state index contributed by atoms with van der Waals surface area (Å²) in [6.45, 7) is 0. The van der Waals surface area contributed by atoms with Crippen molar-refractivity contribution in [3.63, 3.8) is 0 Å². The first-order valence-electron chi connectivity index (χ1n) is 7.70. The van der Waals surface area contributed by atoms with Gasteiger partial charge in [-0.3, -0.25) is 9.48 Å². The highest BCUT2D eigenvalue weighted by Gasteiger charge is 1.99. The summed E-state index contributed by atoms with van der Waals surface area (Å²) in [5.41, 5.74) is 3.07. The normalized spacial score (nSPS) is 10.3. The van der Waals surface area contributed by atoms with Gasteiger partial charge in [0.2, 0.25) is 5.91 Å². The third-order valence-corrected chi connectivity index (χ3v) is 3.28. The Hall–Kier alpha value is -3.65. The Bertz CT molecular complexity index is 962. The third kappa shape index (κ3) is 4.91. The molecule has 0 bridgehead atoms. The number of anilines is 1. The van der Waals surface area contributed by atoms with Crippen LogP contribution in [-0.2, 0) is 11.8 Å². The van der Waals surface area contributed by atoms with Gasteiger partial charge in [-0.1, -0.05) is 18.1 Å². The third-order valence-electron chi connectivity index (χ3n) is 3.28. The van der Waals surface area contributed by atoms with Crippen LogP contribution in [0.4, 0.5) is 5.69 Å². The lowest BCUT2D eigenvalue weighted by Gasteiger charge is -2.02. The number of pyridine rings is 1. The van der Waals surface area contributed by atoms with Crippen molar-refractivity contribution >= 4 is 17.7 Å². The second-order valence-electron chi connectivity index (χ2n) is 5.32. The Balaban J connectivity index is 1.66. The van der Waals surface area contributed by atoms with Crippen molar-refractivity contribution in [3.8, 4) is 11.8 Å². The number of benzene rings is 1. The van der Waals surface area contributed by atoms with Gasteiger partial charge in [-0.2, -0.15) is 5.10 Å². The maximum Gasteiger partial charge on any atom is 0.248 e. The summed E-state index contributed by atoms with van der Waals surface area (Å²) in [6.07, 6.45) is 8.42. The first-order valence-corrected chi connectivity index (χ1v) is 7.70. The first kappa shape index (κ1) is 16.2. The molecule has 0 aliphatic carbocycles. The van der Waals surface area contributed by atoms with Crippen molar-refractivity contribution in [3.05, 3.63) is 84.0 Å². The SMILES string of the molecule is Cn1cc(/C=C/C(=O)Nc2cccc(C#Cc3ccccn3)c2)cn1. The Labute approximate surface area is 146 Å². The largest absolute Gasteiger partial charge is 0.322 e. The second kappa shape index (κ2) is 7.75. The average molecular weight is 328 g/mol. The molecule has 5 heteroatoms. The molecule has 122 valence electrons. The highest BCUT2D eigenvalue weighted by Crippen LogP contribution is 2.10. The topological polar surface area (TPSA) is 59.8 Å². The first-order chi connectivity index (χ1) is 12.2. The summed E-state index contributed by atoms with van der Waals surface area (Å²) in [6, 6.07) is 13.0. The van der Waals surface area contributed by atoms with Crippen LogP contribution in [0.1, 0.15) is 16.8 Å². The average Bonchev–Trinajstić information content (AvgIpc) is 3.05. The number of hydrogen-bond acceptors (Lipinski definition) is 3. The Morgan fingerprint density at radius 1 is 1.20 bits per heavy atom. The van der Waals surface area contributed by atoms with E-state index in [4.69, 9.17) is 0 Å². The quantitative estimate of drug-likeness (QED) is 0.594. The zero-order chi connectivity index (χ0) is 17.5. The fourth-order valence-electron chi connectivity index (χ4n) is 2.13. The van der Waals surface area contributed by atoms with E-state index in [-0.39, 0.29) is 5.91 Å². The minimum atomic E-state index is -0.210. The molecule has 0 saturated carbocycles. The molecule has 3 rings (SSSR count). The molecular weight excluding hydrogens is 312 g/mol. The Morgan fingerprint density at radius 2 is 2.12 bits per heavy atom. The number of carbonyl (C=O) groups excluding carboxylic acids is 1. The van der Waals surface area contributed by atoms with Crippen LogP contribution < -0.4 is 5.32 Å². The number of carbonyl (C=O) groups is 1. The maximum atomic E-state index is 12.0. The van der Waals surface area contributed by atoms with Crippen LogP contribution in [0.5, 0.6) is 0 Å². The molecule has 0 spiro atoms. The smallest absolute Gasteiger partial charge is 0.248 e. The van der Waals surface area contributed by atoms with Crippen LogP contribution in [0.25, 0.3) is 6.08 Å². The summed E-state index contributed by atoms with van der Waals surface area (Å²) >= 11 is 0. The summed E-state index contributed by atoms with van der Waals surface area (Å²) < 4.78 is 1.68. The number of aromatic nitrogens is 3. The van der Waals surface area contributed by atoms with Crippen molar-refractivity contribution in [2.75, 3.05) is 5.32 Å². The van der Waals surface area contributed by atoms with Crippen molar-refractivity contribution in [2.24, 2.45) is 7.05 Å². The molecule has 25 heavy (non-hydrogen) atoms. The van der Waals surface area contributed by atoms with E-state index in [1.54, 1.807) is 23.2 Å². The molecule has 2 aromatic heterocycles. The molecule has 2 heterocycles. The molecule has 1 amide bonds. The number of aryl methyl sites for hydroxylation is 1. The van der Waals surface area contributed by atoms with E-state index in [9.17, 15) is 4.79 Å². The minimum Gasteiger partial charge on any atom is -0.322 e. The van der Waals surface area contributed by atoms with Crippen LogP contribution in [0, 0.1) is 11.8 Å². The molecule has 0 aliphatic heterocycles. The Morgan fingerprint density at radius 3 is 2.88 bits per heavy atom. The fourth-order valence-corrected chi connectivity index (χ4v) is 2.13. The van der Waals surface area contributed by atoms with Crippen LogP contribution in [0.15, 0.2) is 67.1 Å². The van der Waals surface area contributed by atoms with Gasteiger partial charge in [-0.05, 0) is 42.3 Å². The predicted molar refractivity (Wildman–Crippen MR) is 97.5 cm³/mol. The van der Waals surface area contributed by atoms with Crippen molar-refractivity contribution < 1.29 is 4.79 Å². The van der Waals surface area contributed by atoms with Gasteiger partial charge in [-0.25, -0.2) is 4.98 Å². The van der Waals surface area contributed by atoms with Gasteiger partial charge in [-0.15, -0.1) is 0 Å². The van der Waals surface area contributed by atoms with Gasteiger partial charge in [0.25, 0.3) is 0 Å². The number of nitrogens with zero attached hydrogens (tertiary/aromatic N) is 3. The number of amides is 1. The minimum absolute atomic E-state index is 0.210. The van der Waals surface area contributed by atoms with Gasteiger partial charge in [0, 0.05) is 42.3 Å². The van der Waals surface area contributed by atoms with Gasteiger partial charge in [0.15, 0.2) is 0 Å². The second-order valence-corrected chi connectivity index (χ2v) is 5.32. The monoisotopic (exact) mass is 328 g/mol. The van der Waals surface area contributed by atoms with E-state index in [0.29, 0.717) is 11.4 Å². The predicted octanol–water partition coefficient (Wildman–Crippen LogP) is 2.87. The van der Waals surface area contributed by atoms with Crippen LogP contribution >= 0.6 is 0 Å². The molecule has 1 N–H and O–H groups in total. The van der Waals surface area contributed by atoms with E-state index in [0.717, 1.165) is 11.1 Å². The van der Waals surface area contributed by atoms with E-state index in [2.05, 4.69) is 27.2 Å². The fraction of sp³-hybridized carbons (Fsp3) is 0.0500. The summed E-state index contributed by atoms with van der Waals surface area (Å²) in [7, 11) is 1.83. The standard InChI is InChI=1S/C20H16N4O/c1-24-15-17(14-22-24)9-11-20(25)23-19-7-4-5-16(13-19)8-10-18-6-2-3-12-21-18/h2-7,9,11-15H,1H3,(H,23,25)/b11-9+. The van der Waals surface area contributed by atoms with Gasteiger partial charge >= 0.3 is 0 Å². The van der Waals surface area contributed by atoms with Gasteiger partial charge in [0.1, 0.15) is 5.69 Å². The zero-order valence-corrected chi connectivity index (χ0v) is 13.7. The molecule has 1 aromatic carbocycles. The van der Waals surface area contributed by atoms with Crippen LogP contribution in [0.3, 0.4) is 0 Å². The lowest BCUT2D eigenvalue weighted by atomic mass is 10.2. The zero-order valence-electron chi connectivity index (χ0n) is 13.7. The van der Waals surface area contributed by atoms with Crippen LogP contribution in [-0.4, -0.2) is 20.7 Å². The summed E-state index contributed by atoms with van der Waals surface area (Å²) in [5, 5.41) is 6.87. The molecule has 0 aliphatic rings. The van der Waals surface area contributed by atoms with Gasteiger partial charge in [0.05, 0.1) is 6.20 Å². The van der Waals surface area contributed by atoms with Crippen molar-refractivity contribution in [1.29, 1.82) is 0 Å². The Kier molecular flexibility index (Phi) is 5.03. The molecule has 0 saturated heterocycles. The molecule has 0 fully saturated rings. The van der Waals surface area contributed by atoms with E-state index in [1.807, 2.05) is 55.7 Å². The molecule has 0 atom stereocenters. The number of nitrogens with one attached hydrogen (secondary N) is 1. The molecule has 5 nitrogen and oxygen atoms in total. The maximum absolute atomic E-state index is 12.0. The molecule has 3 aromatic rings. The summed E-state index contributed by atoms with van der Waals surface area (Å²) in [5.74, 6) is 5.83. The molecule has 0 radical (unpaired) electrons. The van der Waals surface area contributed by atoms with Crippen molar-refractivity contribution in [1.82, 2.24) is 14.8 Å². The number of rotatable bonds is 3. The van der Waals surface area contributed by atoms with Gasteiger partial charge < -0.3 is 5.32 Å². The number of hydrogen-bond donors (Lipinski definition) is 1.